The minimum absolute atomic E-state index is 0.187. The predicted molar refractivity (Wildman–Crippen MR) is 80.1 cm³/mol. The average Bonchev–Trinajstić information content (AvgIpc) is 2.54. The highest BCUT2D eigenvalue weighted by Gasteiger charge is 2.27. The fourth-order valence-corrected chi connectivity index (χ4v) is 3.17. The molecule has 1 aliphatic carbocycles. The standard InChI is InChI=1S/C18H20O2/c1-20-15-10-11-16-14(12-15)8-5-9-17(16)18(19)13-6-3-2-4-7-13/h2-4,6-7,10-12,17-19H,5,8-9H2,1H3. The Morgan fingerprint density at radius 2 is 1.95 bits per heavy atom. The number of aryl methyl sites for hydroxylation is 1. The maximum atomic E-state index is 10.7. The van der Waals surface area contributed by atoms with Crippen molar-refractivity contribution in [3.63, 3.8) is 0 Å². The van der Waals surface area contributed by atoms with Crippen LogP contribution in [0.2, 0.25) is 0 Å². The van der Waals surface area contributed by atoms with Gasteiger partial charge in [0.2, 0.25) is 0 Å². The van der Waals surface area contributed by atoms with E-state index < -0.39 is 6.10 Å². The molecule has 0 heterocycles. The maximum Gasteiger partial charge on any atom is 0.119 e. The first-order valence-corrected chi connectivity index (χ1v) is 7.19. The Bertz CT molecular complexity index is 577. The fraction of sp³-hybridized carbons (Fsp3) is 0.333. The lowest BCUT2D eigenvalue weighted by atomic mass is 9.78. The lowest BCUT2D eigenvalue weighted by Crippen LogP contribution is -2.17. The van der Waals surface area contributed by atoms with Crippen LogP contribution in [0.15, 0.2) is 48.5 Å². The third kappa shape index (κ3) is 2.44. The highest BCUT2D eigenvalue weighted by Crippen LogP contribution is 2.41. The number of rotatable bonds is 3. The second-order valence-corrected chi connectivity index (χ2v) is 5.42. The molecule has 0 amide bonds. The number of hydrogen-bond acceptors (Lipinski definition) is 2. The topological polar surface area (TPSA) is 29.5 Å². The van der Waals surface area contributed by atoms with Crippen molar-refractivity contribution < 1.29 is 9.84 Å². The lowest BCUT2D eigenvalue weighted by Gasteiger charge is -2.30. The van der Waals surface area contributed by atoms with Crippen LogP contribution in [-0.4, -0.2) is 12.2 Å². The van der Waals surface area contributed by atoms with E-state index in [0.29, 0.717) is 0 Å². The van der Waals surface area contributed by atoms with Crippen molar-refractivity contribution in [2.24, 2.45) is 0 Å². The van der Waals surface area contributed by atoms with Crippen LogP contribution in [0.4, 0.5) is 0 Å². The van der Waals surface area contributed by atoms with Crippen LogP contribution >= 0.6 is 0 Å². The summed E-state index contributed by atoms with van der Waals surface area (Å²) in [5.74, 6) is 1.09. The van der Waals surface area contributed by atoms with Crippen LogP contribution in [0.25, 0.3) is 0 Å². The van der Waals surface area contributed by atoms with Gasteiger partial charge in [-0.1, -0.05) is 36.4 Å². The van der Waals surface area contributed by atoms with Gasteiger partial charge in [-0.2, -0.15) is 0 Å². The lowest BCUT2D eigenvalue weighted by molar-refractivity contribution is 0.136. The summed E-state index contributed by atoms with van der Waals surface area (Å²) in [4.78, 5) is 0. The molecule has 2 heteroatoms. The van der Waals surface area contributed by atoms with E-state index in [4.69, 9.17) is 4.74 Å². The number of methoxy groups -OCH3 is 1. The van der Waals surface area contributed by atoms with Gasteiger partial charge in [-0.15, -0.1) is 0 Å². The van der Waals surface area contributed by atoms with Gasteiger partial charge in [0, 0.05) is 5.92 Å². The first-order chi connectivity index (χ1) is 9.79. The zero-order valence-electron chi connectivity index (χ0n) is 11.8. The summed E-state index contributed by atoms with van der Waals surface area (Å²) in [6.07, 6.45) is 2.80. The highest BCUT2D eigenvalue weighted by molar-refractivity contribution is 5.40. The van der Waals surface area contributed by atoms with Gasteiger partial charge in [0.25, 0.3) is 0 Å². The third-order valence-corrected chi connectivity index (χ3v) is 4.23. The van der Waals surface area contributed by atoms with Crippen molar-refractivity contribution in [2.45, 2.75) is 31.3 Å². The Labute approximate surface area is 120 Å². The molecule has 2 nitrogen and oxygen atoms in total. The molecule has 0 fully saturated rings. The monoisotopic (exact) mass is 268 g/mol. The predicted octanol–water partition coefficient (Wildman–Crippen LogP) is 3.85. The second kappa shape index (κ2) is 5.68. The van der Waals surface area contributed by atoms with Crippen molar-refractivity contribution >= 4 is 0 Å². The maximum absolute atomic E-state index is 10.7. The molecule has 0 saturated carbocycles. The van der Waals surface area contributed by atoms with Gasteiger partial charge < -0.3 is 9.84 Å². The summed E-state index contributed by atoms with van der Waals surface area (Å²) >= 11 is 0. The van der Waals surface area contributed by atoms with Gasteiger partial charge in [-0.3, -0.25) is 0 Å². The van der Waals surface area contributed by atoms with E-state index in [1.807, 2.05) is 36.4 Å². The molecule has 0 spiro atoms. The summed E-state index contributed by atoms with van der Waals surface area (Å²) in [6, 6.07) is 16.2. The number of fused-ring (bicyclic) bond motifs is 1. The minimum Gasteiger partial charge on any atom is -0.497 e. The van der Waals surface area contributed by atoms with E-state index in [0.717, 1.165) is 30.6 Å². The molecule has 0 radical (unpaired) electrons. The molecule has 0 saturated heterocycles. The largest absolute Gasteiger partial charge is 0.497 e. The summed E-state index contributed by atoms with van der Waals surface area (Å²) in [5, 5.41) is 10.7. The van der Waals surface area contributed by atoms with E-state index in [1.54, 1.807) is 7.11 Å². The van der Waals surface area contributed by atoms with Crippen LogP contribution in [0.1, 0.15) is 41.6 Å². The van der Waals surface area contributed by atoms with Crippen molar-refractivity contribution in [1.29, 1.82) is 0 Å². The molecule has 2 atom stereocenters. The Morgan fingerprint density at radius 1 is 1.15 bits per heavy atom. The Hall–Kier alpha value is -1.80. The number of benzene rings is 2. The number of aliphatic hydroxyl groups excluding tert-OH is 1. The zero-order valence-corrected chi connectivity index (χ0v) is 11.8. The summed E-state index contributed by atoms with van der Waals surface area (Å²) < 4.78 is 5.30. The van der Waals surface area contributed by atoms with E-state index in [9.17, 15) is 5.11 Å². The average molecular weight is 268 g/mol. The van der Waals surface area contributed by atoms with Gasteiger partial charge in [0.05, 0.1) is 13.2 Å². The molecule has 0 bridgehead atoms. The van der Waals surface area contributed by atoms with Crippen LogP contribution in [0, 0.1) is 0 Å². The summed E-state index contributed by atoms with van der Waals surface area (Å²) in [6.45, 7) is 0. The smallest absolute Gasteiger partial charge is 0.119 e. The molecule has 0 aromatic heterocycles. The molecule has 1 aliphatic rings. The van der Waals surface area contributed by atoms with Crippen molar-refractivity contribution in [3.8, 4) is 5.75 Å². The van der Waals surface area contributed by atoms with Gasteiger partial charge in [-0.25, -0.2) is 0 Å². The van der Waals surface area contributed by atoms with Gasteiger partial charge >= 0.3 is 0 Å². The molecule has 3 rings (SSSR count). The molecule has 2 aromatic carbocycles. The van der Waals surface area contributed by atoms with Crippen LogP contribution in [0.3, 0.4) is 0 Å². The van der Waals surface area contributed by atoms with E-state index in [-0.39, 0.29) is 5.92 Å². The zero-order chi connectivity index (χ0) is 13.9. The van der Waals surface area contributed by atoms with Crippen LogP contribution in [-0.2, 0) is 6.42 Å². The van der Waals surface area contributed by atoms with Crippen molar-refractivity contribution in [3.05, 3.63) is 65.2 Å². The van der Waals surface area contributed by atoms with E-state index in [2.05, 4.69) is 12.1 Å². The second-order valence-electron chi connectivity index (χ2n) is 5.42. The SMILES string of the molecule is COc1ccc2c(c1)CCCC2C(O)c1ccccc1. The van der Waals surface area contributed by atoms with Gasteiger partial charge in [-0.05, 0) is 48.1 Å². The molecule has 2 aromatic rings. The molecular formula is C18H20O2. The molecule has 0 aliphatic heterocycles. The number of ether oxygens (including phenoxy) is 1. The molecular weight excluding hydrogens is 248 g/mol. The third-order valence-electron chi connectivity index (χ3n) is 4.23. The number of aliphatic hydroxyl groups is 1. The minimum atomic E-state index is -0.427. The molecule has 1 N–H and O–H groups in total. The summed E-state index contributed by atoms with van der Waals surface area (Å²) in [7, 11) is 1.70. The first-order valence-electron chi connectivity index (χ1n) is 7.19. The Kier molecular flexibility index (Phi) is 3.75. The summed E-state index contributed by atoms with van der Waals surface area (Å²) in [5.41, 5.74) is 3.59. The van der Waals surface area contributed by atoms with E-state index >= 15 is 0 Å². The molecule has 104 valence electrons. The molecule has 2 unspecified atom stereocenters. The Morgan fingerprint density at radius 3 is 2.70 bits per heavy atom. The van der Waals surface area contributed by atoms with Crippen LogP contribution < -0.4 is 4.74 Å². The van der Waals surface area contributed by atoms with Gasteiger partial charge in [0.15, 0.2) is 0 Å². The van der Waals surface area contributed by atoms with Crippen molar-refractivity contribution in [1.82, 2.24) is 0 Å². The Balaban J connectivity index is 1.93. The van der Waals surface area contributed by atoms with Crippen LogP contribution in [0.5, 0.6) is 5.75 Å². The van der Waals surface area contributed by atoms with E-state index in [1.165, 1.54) is 11.1 Å². The highest BCUT2D eigenvalue weighted by atomic mass is 16.5. The number of hydrogen-bond donors (Lipinski definition) is 1. The fourth-order valence-electron chi connectivity index (χ4n) is 3.17. The molecule has 20 heavy (non-hydrogen) atoms. The normalized spacial score (nSPS) is 19.2. The van der Waals surface area contributed by atoms with Crippen molar-refractivity contribution in [2.75, 3.05) is 7.11 Å². The van der Waals surface area contributed by atoms with Gasteiger partial charge in [0.1, 0.15) is 5.75 Å². The quantitative estimate of drug-likeness (QED) is 0.916. The first kappa shape index (κ1) is 13.2.